The Morgan fingerprint density at radius 2 is 2.00 bits per heavy atom. The summed E-state index contributed by atoms with van der Waals surface area (Å²) in [6.45, 7) is 0.412. The fourth-order valence-electron chi connectivity index (χ4n) is 1.96. The molecule has 0 atom stereocenters. The molecule has 4 nitrogen and oxygen atoms in total. The molecule has 1 fully saturated rings. The largest absolute Gasteiger partial charge is 0.480 e. The zero-order valence-electron chi connectivity index (χ0n) is 10.0. The van der Waals surface area contributed by atoms with Gasteiger partial charge in [0.05, 0.1) is 0 Å². The Kier molecular flexibility index (Phi) is 3.43. The van der Waals surface area contributed by atoms with Gasteiger partial charge < -0.3 is 10.0 Å². The number of aliphatic carboxylic acids is 1. The summed E-state index contributed by atoms with van der Waals surface area (Å²) < 4.78 is 0.921. The third-order valence-electron chi connectivity index (χ3n) is 3.28. The Morgan fingerprint density at radius 3 is 2.50 bits per heavy atom. The number of rotatable bonds is 4. The van der Waals surface area contributed by atoms with Crippen LogP contribution in [0.25, 0.3) is 0 Å². The molecule has 1 aliphatic carbocycles. The van der Waals surface area contributed by atoms with Gasteiger partial charge in [-0.05, 0) is 24.5 Å². The van der Waals surface area contributed by atoms with Gasteiger partial charge in [0.1, 0.15) is 5.41 Å². The highest BCUT2D eigenvalue weighted by molar-refractivity contribution is 9.10. The Morgan fingerprint density at radius 1 is 1.39 bits per heavy atom. The van der Waals surface area contributed by atoms with Gasteiger partial charge in [-0.1, -0.05) is 34.1 Å². The molecule has 0 saturated heterocycles. The van der Waals surface area contributed by atoms with Gasteiger partial charge in [0, 0.05) is 18.1 Å². The Hall–Kier alpha value is -1.36. The monoisotopic (exact) mass is 311 g/mol. The summed E-state index contributed by atoms with van der Waals surface area (Å²) in [6, 6.07) is 7.60. The van der Waals surface area contributed by atoms with Crippen LogP contribution in [0.3, 0.4) is 0 Å². The molecule has 0 unspecified atom stereocenters. The van der Waals surface area contributed by atoms with Crippen LogP contribution in [-0.4, -0.2) is 28.9 Å². The SMILES string of the molecule is CN(Cc1ccccc1Br)C(=O)C1(C(=O)O)CC1. The maximum atomic E-state index is 12.1. The molecular weight excluding hydrogens is 298 g/mol. The normalized spacial score (nSPS) is 16.1. The molecule has 0 aromatic heterocycles. The summed E-state index contributed by atoms with van der Waals surface area (Å²) in [5.41, 5.74) is -0.190. The molecule has 96 valence electrons. The van der Waals surface area contributed by atoms with Crippen molar-refractivity contribution in [1.29, 1.82) is 0 Å². The second kappa shape index (κ2) is 4.72. The second-order valence-corrected chi connectivity index (χ2v) is 5.49. The summed E-state index contributed by atoms with van der Waals surface area (Å²) >= 11 is 3.41. The van der Waals surface area contributed by atoms with E-state index in [4.69, 9.17) is 5.11 Å². The predicted octanol–water partition coefficient (Wildman–Crippen LogP) is 2.27. The maximum absolute atomic E-state index is 12.1. The van der Waals surface area contributed by atoms with Crippen LogP contribution in [-0.2, 0) is 16.1 Å². The van der Waals surface area contributed by atoms with Crippen molar-refractivity contribution in [2.45, 2.75) is 19.4 Å². The number of nitrogens with zero attached hydrogens (tertiary/aromatic N) is 1. The van der Waals surface area contributed by atoms with Crippen molar-refractivity contribution < 1.29 is 14.7 Å². The Labute approximate surface area is 114 Å². The molecule has 0 bridgehead atoms. The van der Waals surface area contributed by atoms with Crippen LogP contribution in [0.1, 0.15) is 18.4 Å². The Balaban J connectivity index is 2.10. The first-order valence-corrected chi connectivity index (χ1v) is 6.49. The summed E-state index contributed by atoms with van der Waals surface area (Å²) in [4.78, 5) is 24.7. The minimum Gasteiger partial charge on any atom is -0.480 e. The number of amides is 1. The maximum Gasteiger partial charge on any atom is 0.319 e. The average Bonchev–Trinajstić information content (AvgIpc) is 3.12. The van der Waals surface area contributed by atoms with E-state index in [0.29, 0.717) is 19.4 Å². The number of carboxylic acids is 1. The van der Waals surface area contributed by atoms with Crippen LogP contribution in [0.15, 0.2) is 28.7 Å². The van der Waals surface area contributed by atoms with Crippen LogP contribution in [0, 0.1) is 5.41 Å². The zero-order chi connectivity index (χ0) is 13.3. The average molecular weight is 312 g/mol. The van der Waals surface area contributed by atoms with Gasteiger partial charge in [0.25, 0.3) is 0 Å². The minimum absolute atomic E-state index is 0.300. The lowest BCUT2D eigenvalue weighted by Gasteiger charge is -2.21. The topological polar surface area (TPSA) is 57.6 Å². The molecule has 0 spiro atoms. The number of carboxylic acid groups (broad SMARTS) is 1. The first kappa shape index (κ1) is 13.1. The first-order chi connectivity index (χ1) is 8.47. The lowest BCUT2D eigenvalue weighted by atomic mass is 10.1. The van der Waals surface area contributed by atoms with Crippen molar-refractivity contribution >= 4 is 27.8 Å². The van der Waals surface area contributed by atoms with Crippen molar-refractivity contribution in [2.24, 2.45) is 5.41 Å². The second-order valence-electron chi connectivity index (χ2n) is 4.64. The van der Waals surface area contributed by atoms with Gasteiger partial charge in [0.2, 0.25) is 5.91 Å². The van der Waals surface area contributed by atoms with Gasteiger partial charge in [-0.3, -0.25) is 9.59 Å². The number of carbonyl (C=O) groups is 2. The molecule has 1 saturated carbocycles. The standard InChI is InChI=1S/C13H14BrNO3/c1-15(8-9-4-2-3-5-10(9)14)11(16)13(6-7-13)12(17)18/h2-5H,6-8H2,1H3,(H,17,18). The van der Waals surface area contributed by atoms with Crippen LogP contribution < -0.4 is 0 Å². The molecule has 0 heterocycles. The van der Waals surface area contributed by atoms with E-state index in [1.807, 2.05) is 24.3 Å². The van der Waals surface area contributed by atoms with Crippen LogP contribution >= 0.6 is 15.9 Å². The lowest BCUT2D eigenvalue weighted by molar-refractivity contribution is -0.153. The van der Waals surface area contributed by atoms with Crippen molar-refractivity contribution in [2.75, 3.05) is 7.05 Å². The first-order valence-electron chi connectivity index (χ1n) is 5.70. The third-order valence-corrected chi connectivity index (χ3v) is 4.05. The van der Waals surface area contributed by atoms with E-state index in [9.17, 15) is 9.59 Å². The van der Waals surface area contributed by atoms with E-state index in [-0.39, 0.29) is 5.91 Å². The van der Waals surface area contributed by atoms with E-state index in [1.54, 1.807) is 7.05 Å². The molecule has 1 N–H and O–H groups in total. The third kappa shape index (κ3) is 2.27. The van der Waals surface area contributed by atoms with Gasteiger partial charge in [-0.2, -0.15) is 0 Å². The van der Waals surface area contributed by atoms with E-state index < -0.39 is 11.4 Å². The lowest BCUT2D eigenvalue weighted by Crippen LogP contribution is -2.38. The summed E-state index contributed by atoms with van der Waals surface area (Å²) in [5.74, 6) is -1.31. The quantitative estimate of drug-likeness (QED) is 0.868. The fourth-order valence-corrected chi connectivity index (χ4v) is 2.37. The van der Waals surface area contributed by atoms with Gasteiger partial charge in [0.15, 0.2) is 0 Å². The van der Waals surface area contributed by atoms with Gasteiger partial charge >= 0.3 is 5.97 Å². The van der Waals surface area contributed by atoms with Crippen molar-refractivity contribution in [3.63, 3.8) is 0 Å². The van der Waals surface area contributed by atoms with E-state index in [2.05, 4.69) is 15.9 Å². The summed E-state index contributed by atoms with van der Waals surface area (Å²) in [7, 11) is 1.64. The number of hydrogen-bond acceptors (Lipinski definition) is 2. The molecule has 18 heavy (non-hydrogen) atoms. The molecule has 1 amide bonds. The van der Waals surface area contributed by atoms with E-state index >= 15 is 0 Å². The fraction of sp³-hybridized carbons (Fsp3) is 0.385. The molecule has 1 aromatic rings. The van der Waals surface area contributed by atoms with Crippen molar-refractivity contribution in [1.82, 2.24) is 4.90 Å². The predicted molar refractivity (Wildman–Crippen MR) is 69.9 cm³/mol. The summed E-state index contributed by atoms with van der Waals surface area (Å²) in [6.07, 6.45) is 0.892. The van der Waals surface area contributed by atoms with Crippen molar-refractivity contribution in [3.05, 3.63) is 34.3 Å². The molecular formula is C13H14BrNO3. The van der Waals surface area contributed by atoms with E-state index in [1.165, 1.54) is 4.90 Å². The molecule has 2 rings (SSSR count). The van der Waals surface area contributed by atoms with Crippen LogP contribution in [0.2, 0.25) is 0 Å². The number of hydrogen-bond donors (Lipinski definition) is 1. The zero-order valence-corrected chi connectivity index (χ0v) is 11.6. The van der Waals surface area contributed by atoms with Crippen molar-refractivity contribution in [3.8, 4) is 0 Å². The molecule has 0 aliphatic heterocycles. The van der Waals surface area contributed by atoms with E-state index in [0.717, 1.165) is 10.0 Å². The Bertz CT molecular complexity index is 497. The minimum atomic E-state index is -1.16. The molecule has 0 radical (unpaired) electrons. The highest BCUT2D eigenvalue weighted by Crippen LogP contribution is 2.47. The summed E-state index contributed by atoms with van der Waals surface area (Å²) in [5, 5.41) is 9.09. The van der Waals surface area contributed by atoms with Crippen LogP contribution in [0.5, 0.6) is 0 Å². The number of halogens is 1. The molecule has 1 aromatic carbocycles. The van der Waals surface area contributed by atoms with Gasteiger partial charge in [-0.15, -0.1) is 0 Å². The highest BCUT2D eigenvalue weighted by Gasteiger charge is 2.58. The highest BCUT2D eigenvalue weighted by atomic mass is 79.9. The molecule has 1 aliphatic rings. The van der Waals surface area contributed by atoms with Crippen LogP contribution in [0.4, 0.5) is 0 Å². The number of carbonyl (C=O) groups excluding carboxylic acids is 1. The molecule has 5 heteroatoms. The number of benzene rings is 1. The smallest absolute Gasteiger partial charge is 0.319 e. The van der Waals surface area contributed by atoms with Gasteiger partial charge in [-0.25, -0.2) is 0 Å².